The highest BCUT2D eigenvalue weighted by Gasteiger charge is 2.31. The summed E-state index contributed by atoms with van der Waals surface area (Å²) < 4.78 is 0. The minimum absolute atomic E-state index is 0.124. The van der Waals surface area contributed by atoms with E-state index in [1.807, 2.05) is 24.3 Å². The van der Waals surface area contributed by atoms with E-state index in [1.165, 1.54) is 0 Å². The molecule has 1 fully saturated rings. The molecule has 1 saturated carbocycles. The Morgan fingerprint density at radius 3 is 2.40 bits per heavy atom. The second-order valence-corrected chi connectivity index (χ2v) is 5.68. The molecule has 0 radical (unpaired) electrons. The number of rotatable bonds is 5. The van der Waals surface area contributed by atoms with Crippen LogP contribution in [-0.2, 0) is 11.2 Å². The molecule has 0 unspecified atom stereocenters. The summed E-state index contributed by atoms with van der Waals surface area (Å²) in [4.78, 5) is 12.0. The van der Waals surface area contributed by atoms with Crippen LogP contribution in [0.3, 0.4) is 0 Å². The summed E-state index contributed by atoms with van der Waals surface area (Å²) >= 11 is 0. The maximum Gasteiger partial charge on any atom is 0.227 e. The number of amides is 1. The van der Waals surface area contributed by atoms with Gasteiger partial charge in [0.05, 0.1) is 12.0 Å². The van der Waals surface area contributed by atoms with Gasteiger partial charge in [0.15, 0.2) is 0 Å². The first kappa shape index (κ1) is 15.0. The standard InChI is InChI=1S/C16H23NO3/c18-11-8-13-4-6-14(7-5-13)17-15(19)12-16(20)9-2-1-3-10-16/h4-7,18,20H,1-3,8-12H2,(H,17,19). The zero-order chi connectivity index (χ0) is 14.4. The van der Waals surface area contributed by atoms with Crippen LogP contribution in [0.4, 0.5) is 5.69 Å². The maximum atomic E-state index is 12.0. The molecule has 0 aromatic heterocycles. The van der Waals surface area contributed by atoms with Gasteiger partial charge in [0, 0.05) is 12.3 Å². The number of hydrogen-bond donors (Lipinski definition) is 3. The average molecular weight is 277 g/mol. The van der Waals surface area contributed by atoms with Crippen molar-refractivity contribution in [3.05, 3.63) is 29.8 Å². The first-order chi connectivity index (χ1) is 9.61. The lowest BCUT2D eigenvalue weighted by Crippen LogP contribution is -2.35. The second kappa shape index (κ2) is 6.86. The van der Waals surface area contributed by atoms with Gasteiger partial charge < -0.3 is 15.5 Å². The largest absolute Gasteiger partial charge is 0.396 e. The zero-order valence-electron chi connectivity index (χ0n) is 11.8. The summed E-state index contributed by atoms with van der Waals surface area (Å²) in [6.07, 6.45) is 5.38. The van der Waals surface area contributed by atoms with E-state index < -0.39 is 5.60 Å². The normalized spacial score (nSPS) is 17.7. The Hall–Kier alpha value is -1.39. The van der Waals surface area contributed by atoms with Crippen molar-refractivity contribution in [1.82, 2.24) is 0 Å². The molecule has 110 valence electrons. The number of carbonyl (C=O) groups is 1. The van der Waals surface area contributed by atoms with Crippen LogP contribution in [0.25, 0.3) is 0 Å². The van der Waals surface area contributed by atoms with E-state index in [0.29, 0.717) is 6.42 Å². The molecule has 0 spiro atoms. The van der Waals surface area contributed by atoms with Gasteiger partial charge in [-0.1, -0.05) is 31.4 Å². The van der Waals surface area contributed by atoms with E-state index in [9.17, 15) is 9.90 Å². The molecular formula is C16H23NO3. The molecule has 1 aromatic carbocycles. The molecule has 1 aliphatic carbocycles. The van der Waals surface area contributed by atoms with Crippen LogP contribution in [0, 0.1) is 0 Å². The van der Waals surface area contributed by atoms with Crippen molar-refractivity contribution in [2.45, 2.75) is 50.5 Å². The summed E-state index contributed by atoms with van der Waals surface area (Å²) in [6.45, 7) is 0.124. The smallest absolute Gasteiger partial charge is 0.227 e. The van der Waals surface area contributed by atoms with Crippen LogP contribution in [-0.4, -0.2) is 28.3 Å². The molecular weight excluding hydrogens is 254 g/mol. The number of carbonyl (C=O) groups excluding carboxylic acids is 1. The SMILES string of the molecule is O=C(CC1(O)CCCCC1)Nc1ccc(CCO)cc1. The minimum atomic E-state index is -0.820. The molecule has 2 rings (SSSR count). The summed E-state index contributed by atoms with van der Waals surface area (Å²) in [5.41, 5.74) is 0.951. The number of anilines is 1. The lowest BCUT2D eigenvalue weighted by molar-refractivity contribution is -0.122. The van der Waals surface area contributed by atoms with E-state index >= 15 is 0 Å². The predicted octanol–water partition coefficient (Wildman–Crippen LogP) is 2.25. The molecule has 4 heteroatoms. The first-order valence-corrected chi connectivity index (χ1v) is 7.33. The van der Waals surface area contributed by atoms with Crippen LogP contribution in [0.15, 0.2) is 24.3 Å². The Balaban J connectivity index is 1.87. The van der Waals surface area contributed by atoms with Crippen molar-refractivity contribution in [3.8, 4) is 0 Å². The Morgan fingerprint density at radius 1 is 1.15 bits per heavy atom. The summed E-state index contributed by atoms with van der Waals surface area (Å²) in [6, 6.07) is 7.43. The molecule has 0 aliphatic heterocycles. The molecule has 20 heavy (non-hydrogen) atoms. The monoisotopic (exact) mass is 277 g/mol. The third-order valence-corrected chi connectivity index (χ3v) is 3.91. The van der Waals surface area contributed by atoms with Gasteiger partial charge in [0.25, 0.3) is 0 Å². The average Bonchev–Trinajstić information content (AvgIpc) is 2.41. The molecule has 0 bridgehead atoms. The fourth-order valence-corrected chi connectivity index (χ4v) is 2.77. The quantitative estimate of drug-likeness (QED) is 0.773. The summed E-state index contributed by atoms with van der Waals surface area (Å²) in [7, 11) is 0. The number of nitrogens with one attached hydrogen (secondary N) is 1. The van der Waals surface area contributed by atoms with Crippen LogP contribution in [0.2, 0.25) is 0 Å². The predicted molar refractivity (Wildman–Crippen MR) is 78.5 cm³/mol. The molecule has 1 aromatic rings. The molecule has 4 nitrogen and oxygen atoms in total. The minimum Gasteiger partial charge on any atom is -0.396 e. The first-order valence-electron chi connectivity index (χ1n) is 7.33. The Labute approximate surface area is 119 Å². The number of aliphatic hydroxyl groups is 2. The van der Waals surface area contributed by atoms with Crippen molar-refractivity contribution in [1.29, 1.82) is 0 Å². The Kier molecular flexibility index (Phi) is 5.15. The van der Waals surface area contributed by atoms with Gasteiger partial charge in [0.2, 0.25) is 5.91 Å². The molecule has 1 aliphatic rings. The maximum absolute atomic E-state index is 12.0. The summed E-state index contributed by atoms with van der Waals surface area (Å²) in [5.74, 6) is -0.135. The van der Waals surface area contributed by atoms with Crippen molar-refractivity contribution in [3.63, 3.8) is 0 Å². The molecule has 0 atom stereocenters. The van der Waals surface area contributed by atoms with E-state index in [2.05, 4.69) is 5.32 Å². The van der Waals surface area contributed by atoms with Crippen LogP contribution >= 0.6 is 0 Å². The highest BCUT2D eigenvalue weighted by molar-refractivity contribution is 5.91. The highest BCUT2D eigenvalue weighted by atomic mass is 16.3. The van der Waals surface area contributed by atoms with Crippen molar-refractivity contribution in [2.24, 2.45) is 0 Å². The third-order valence-electron chi connectivity index (χ3n) is 3.91. The van der Waals surface area contributed by atoms with Gasteiger partial charge in [-0.25, -0.2) is 0 Å². The molecule has 1 amide bonds. The summed E-state index contributed by atoms with van der Waals surface area (Å²) in [5, 5.41) is 22.0. The van der Waals surface area contributed by atoms with Gasteiger partial charge >= 0.3 is 0 Å². The highest BCUT2D eigenvalue weighted by Crippen LogP contribution is 2.31. The zero-order valence-corrected chi connectivity index (χ0v) is 11.8. The van der Waals surface area contributed by atoms with Crippen molar-refractivity contribution >= 4 is 11.6 Å². The second-order valence-electron chi connectivity index (χ2n) is 5.68. The topological polar surface area (TPSA) is 69.6 Å². The lowest BCUT2D eigenvalue weighted by Gasteiger charge is -2.31. The van der Waals surface area contributed by atoms with E-state index in [4.69, 9.17) is 5.11 Å². The lowest BCUT2D eigenvalue weighted by atomic mass is 9.82. The fourth-order valence-electron chi connectivity index (χ4n) is 2.77. The molecule has 0 saturated heterocycles. The van der Waals surface area contributed by atoms with Crippen molar-refractivity contribution < 1.29 is 15.0 Å². The van der Waals surface area contributed by atoms with Gasteiger partial charge in [-0.2, -0.15) is 0 Å². The number of benzene rings is 1. The van der Waals surface area contributed by atoms with Gasteiger partial charge in [-0.3, -0.25) is 4.79 Å². The van der Waals surface area contributed by atoms with E-state index in [0.717, 1.165) is 43.4 Å². The number of hydrogen-bond acceptors (Lipinski definition) is 3. The van der Waals surface area contributed by atoms with Gasteiger partial charge in [-0.15, -0.1) is 0 Å². The van der Waals surface area contributed by atoms with Crippen molar-refractivity contribution in [2.75, 3.05) is 11.9 Å². The van der Waals surface area contributed by atoms with E-state index in [1.54, 1.807) is 0 Å². The van der Waals surface area contributed by atoms with Crippen LogP contribution in [0.1, 0.15) is 44.1 Å². The molecule has 0 heterocycles. The van der Waals surface area contributed by atoms with E-state index in [-0.39, 0.29) is 18.9 Å². The Morgan fingerprint density at radius 2 is 1.80 bits per heavy atom. The van der Waals surface area contributed by atoms with Crippen LogP contribution in [0.5, 0.6) is 0 Å². The third kappa shape index (κ3) is 4.32. The van der Waals surface area contributed by atoms with Gasteiger partial charge in [-0.05, 0) is 37.0 Å². The van der Waals surface area contributed by atoms with Crippen LogP contribution < -0.4 is 5.32 Å². The molecule has 3 N–H and O–H groups in total. The van der Waals surface area contributed by atoms with Gasteiger partial charge in [0.1, 0.15) is 0 Å². The number of aliphatic hydroxyl groups excluding tert-OH is 1. The fraction of sp³-hybridized carbons (Fsp3) is 0.562. The Bertz CT molecular complexity index is 436.